The van der Waals surface area contributed by atoms with Gasteiger partial charge in [0.25, 0.3) is 0 Å². The SMILES string of the molecule is C=C(Nc1cc2[n-]nc(C(=C)C)c2cn1)N[C@H](C)C1=CC=CC=C=C1.[Pd]. The molecule has 1 atom stereocenters. The molecule has 0 amide bonds. The molecule has 0 aliphatic heterocycles. The third kappa shape index (κ3) is 4.50. The number of anilines is 1. The van der Waals surface area contributed by atoms with E-state index >= 15 is 0 Å². The Morgan fingerprint density at radius 3 is 2.88 bits per heavy atom. The molecule has 2 aromatic rings. The second-order valence-electron chi connectivity index (χ2n) is 5.91. The van der Waals surface area contributed by atoms with E-state index in [0.717, 1.165) is 27.7 Å². The van der Waals surface area contributed by atoms with Crippen molar-refractivity contribution in [2.45, 2.75) is 19.9 Å². The molecule has 3 rings (SSSR count). The van der Waals surface area contributed by atoms with E-state index in [1.807, 2.05) is 43.4 Å². The van der Waals surface area contributed by atoms with Crippen LogP contribution in [0.2, 0.25) is 0 Å². The van der Waals surface area contributed by atoms with Crippen molar-refractivity contribution in [3.63, 3.8) is 0 Å². The average molecular weight is 437 g/mol. The standard InChI is InChI=1S/C20H20N5.Pd/c1-13(2)20-17-12-21-19(11-18(17)24-25-20)23-15(4)22-14(3)16-9-7-5-6-8-10-16;/h5-7,9-12,14,22H,1,4H2,2-3H3,(H-,21,23,24,25);/q-1;/t14-;/m1./s1. The minimum absolute atomic E-state index is 0. The molecule has 0 saturated carbocycles. The molecular formula is C20H20N5Pd-. The summed E-state index contributed by atoms with van der Waals surface area (Å²) < 4.78 is 0. The Hall–Kier alpha value is -2.64. The molecule has 0 saturated heterocycles. The molecule has 0 fully saturated rings. The van der Waals surface area contributed by atoms with Crippen LogP contribution >= 0.6 is 0 Å². The number of aromatic nitrogens is 3. The number of pyridine rings is 1. The molecule has 1 aliphatic carbocycles. The summed E-state index contributed by atoms with van der Waals surface area (Å²) >= 11 is 0. The smallest absolute Gasteiger partial charge is 0.130 e. The first kappa shape index (κ1) is 19.7. The molecule has 26 heavy (non-hydrogen) atoms. The van der Waals surface area contributed by atoms with Crippen LogP contribution in [0.15, 0.2) is 72.9 Å². The van der Waals surface area contributed by atoms with Crippen molar-refractivity contribution in [1.29, 1.82) is 0 Å². The predicted molar refractivity (Wildman–Crippen MR) is 103 cm³/mol. The van der Waals surface area contributed by atoms with E-state index in [9.17, 15) is 0 Å². The van der Waals surface area contributed by atoms with Crippen LogP contribution in [0.4, 0.5) is 5.82 Å². The Bertz CT molecular complexity index is 958. The monoisotopic (exact) mass is 436 g/mol. The molecule has 5 nitrogen and oxygen atoms in total. The molecule has 6 heteroatoms. The number of nitrogens with zero attached hydrogens (tertiary/aromatic N) is 3. The van der Waals surface area contributed by atoms with Crippen molar-refractivity contribution in [2.24, 2.45) is 0 Å². The third-order valence-electron chi connectivity index (χ3n) is 3.81. The van der Waals surface area contributed by atoms with Gasteiger partial charge in [0.1, 0.15) is 5.82 Å². The van der Waals surface area contributed by atoms with Gasteiger partial charge in [-0.2, -0.15) is 0 Å². The zero-order valence-electron chi connectivity index (χ0n) is 14.7. The molecule has 136 valence electrons. The van der Waals surface area contributed by atoms with Crippen LogP contribution in [-0.4, -0.2) is 16.1 Å². The Kier molecular flexibility index (Phi) is 6.54. The zero-order valence-corrected chi connectivity index (χ0v) is 16.2. The summed E-state index contributed by atoms with van der Waals surface area (Å²) in [6.45, 7) is 11.9. The van der Waals surface area contributed by atoms with Gasteiger partial charge in [0.15, 0.2) is 0 Å². The van der Waals surface area contributed by atoms with E-state index in [1.54, 1.807) is 6.20 Å². The quantitative estimate of drug-likeness (QED) is 0.534. The van der Waals surface area contributed by atoms with Gasteiger partial charge in [0.05, 0.1) is 17.6 Å². The average Bonchev–Trinajstić information content (AvgIpc) is 2.80. The topological polar surface area (TPSA) is 63.9 Å². The summed E-state index contributed by atoms with van der Waals surface area (Å²) in [6.07, 6.45) is 11.6. The Labute approximate surface area is 167 Å². The summed E-state index contributed by atoms with van der Waals surface area (Å²) in [5.74, 6) is 1.32. The molecule has 2 aromatic heterocycles. The fourth-order valence-electron chi connectivity index (χ4n) is 2.53. The normalized spacial score (nSPS) is 13.5. The van der Waals surface area contributed by atoms with Gasteiger partial charge >= 0.3 is 0 Å². The van der Waals surface area contributed by atoms with Crippen molar-refractivity contribution in [3.05, 3.63) is 78.6 Å². The number of hydrogen-bond donors (Lipinski definition) is 2. The van der Waals surface area contributed by atoms with Crippen molar-refractivity contribution in [3.8, 4) is 0 Å². The van der Waals surface area contributed by atoms with Gasteiger partial charge < -0.3 is 20.8 Å². The largest absolute Gasteiger partial charge is 0.574 e. The van der Waals surface area contributed by atoms with Gasteiger partial charge in [-0.25, -0.2) is 4.98 Å². The maximum atomic E-state index is 4.41. The summed E-state index contributed by atoms with van der Waals surface area (Å²) in [5, 5.41) is 15.7. The van der Waals surface area contributed by atoms with Crippen molar-refractivity contribution >= 4 is 22.3 Å². The van der Waals surface area contributed by atoms with Crippen LogP contribution in [0.5, 0.6) is 0 Å². The number of hydrogen-bond acceptors (Lipinski definition) is 4. The van der Waals surface area contributed by atoms with E-state index < -0.39 is 0 Å². The van der Waals surface area contributed by atoms with Crippen molar-refractivity contribution in [1.82, 2.24) is 20.5 Å². The molecule has 0 aromatic carbocycles. The molecule has 0 spiro atoms. The summed E-state index contributed by atoms with van der Waals surface area (Å²) in [7, 11) is 0. The van der Waals surface area contributed by atoms with Gasteiger partial charge in [-0.05, 0) is 43.2 Å². The summed E-state index contributed by atoms with van der Waals surface area (Å²) in [6, 6.07) is 1.93. The third-order valence-corrected chi connectivity index (χ3v) is 3.81. The van der Waals surface area contributed by atoms with E-state index in [1.165, 1.54) is 0 Å². The van der Waals surface area contributed by atoms with Crippen LogP contribution in [-0.2, 0) is 20.4 Å². The van der Waals surface area contributed by atoms with E-state index in [2.05, 4.69) is 51.6 Å². The van der Waals surface area contributed by atoms with E-state index in [0.29, 0.717) is 11.6 Å². The van der Waals surface area contributed by atoms with Crippen molar-refractivity contribution < 1.29 is 20.4 Å². The molecule has 0 unspecified atom stereocenters. The fourth-order valence-corrected chi connectivity index (χ4v) is 2.53. The summed E-state index contributed by atoms with van der Waals surface area (Å²) in [4.78, 5) is 4.41. The van der Waals surface area contributed by atoms with Gasteiger partial charge in [0.2, 0.25) is 0 Å². The zero-order chi connectivity index (χ0) is 17.8. The second kappa shape index (κ2) is 8.64. The molecule has 2 heterocycles. The Morgan fingerprint density at radius 1 is 1.31 bits per heavy atom. The molecule has 1 aliphatic rings. The molecular weight excluding hydrogens is 417 g/mol. The fraction of sp³-hybridized carbons (Fsp3) is 0.150. The Morgan fingerprint density at radius 2 is 2.12 bits per heavy atom. The molecule has 0 bridgehead atoms. The molecule has 0 radical (unpaired) electrons. The number of nitrogens with one attached hydrogen (secondary N) is 2. The van der Waals surface area contributed by atoms with Crippen LogP contribution < -0.4 is 15.7 Å². The van der Waals surface area contributed by atoms with Gasteiger partial charge in [-0.3, -0.25) is 0 Å². The second-order valence-corrected chi connectivity index (χ2v) is 5.91. The first-order chi connectivity index (χ1) is 12.0. The number of rotatable bonds is 6. The van der Waals surface area contributed by atoms with Crippen LogP contribution in [0.3, 0.4) is 0 Å². The van der Waals surface area contributed by atoms with Crippen LogP contribution in [0, 0.1) is 0 Å². The van der Waals surface area contributed by atoms with Crippen LogP contribution in [0.25, 0.3) is 16.5 Å². The van der Waals surface area contributed by atoms with Gasteiger partial charge in [-0.1, -0.05) is 31.4 Å². The van der Waals surface area contributed by atoms with Crippen molar-refractivity contribution in [2.75, 3.05) is 5.32 Å². The Balaban J connectivity index is 0.00000243. The maximum absolute atomic E-state index is 4.41. The maximum Gasteiger partial charge on any atom is 0.130 e. The van der Waals surface area contributed by atoms with Crippen LogP contribution in [0.1, 0.15) is 19.5 Å². The number of fused-ring (bicyclic) bond motifs is 1. The molecule has 2 N–H and O–H groups in total. The first-order valence-corrected chi connectivity index (χ1v) is 8.01. The first-order valence-electron chi connectivity index (χ1n) is 8.01. The minimum Gasteiger partial charge on any atom is -0.574 e. The van der Waals surface area contributed by atoms with Gasteiger partial charge in [0, 0.05) is 32.0 Å². The predicted octanol–water partition coefficient (Wildman–Crippen LogP) is 3.69. The van der Waals surface area contributed by atoms with E-state index in [4.69, 9.17) is 0 Å². The minimum atomic E-state index is 0. The van der Waals surface area contributed by atoms with E-state index in [-0.39, 0.29) is 26.5 Å². The number of allylic oxidation sites excluding steroid dienone is 4. The van der Waals surface area contributed by atoms with Gasteiger partial charge in [-0.15, -0.1) is 11.2 Å². The summed E-state index contributed by atoms with van der Waals surface area (Å²) in [5.41, 5.74) is 6.65.